The number of hydrogen-bond acceptors (Lipinski definition) is 6. The first-order chi connectivity index (χ1) is 14.8. The van der Waals surface area contributed by atoms with Crippen LogP contribution in [0, 0.1) is 0 Å². The van der Waals surface area contributed by atoms with Gasteiger partial charge in [0.05, 0.1) is 15.9 Å². The van der Waals surface area contributed by atoms with Gasteiger partial charge in [0, 0.05) is 23.2 Å². The van der Waals surface area contributed by atoms with Crippen LogP contribution in [0.4, 0.5) is 16.0 Å². The first-order valence-corrected chi connectivity index (χ1v) is 11.5. The van der Waals surface area contributed by atoms with E-state index in [0.717, 1.165) is 45.7 Å². The average molecular weight is 429 g/mol. The molecule has 0 fully saturated rings. The highest BCUT2D eigenvalue weighted by Crippen LogP contribution is 2.27. The number of hydrogen-bond donors (Lipinski definition) is 2. The summed E-state index contributed by atoms with van der Waals surface area (Å²) in [6, 6.07) is 27.0. The maximum Gasteiger partial charge on any atom is 0.187 e. The van der Waals surface area contributed by atoms with Gasteiger partial charge in [0.2, 0.25) is 0 Å². The van der Waals surface area contributed by atoms with Gasteiger partial charge in [0.1, 0.15) is 0 Å². The van der Waals surface area contributed by atoms with Crippen LogP contribution >= 0.6 is 22.7 Å². The standard InChI is InChI=1S/C24H20N4S2/c1-2-6-18(7-3-1)21-16-29-24(28-21)26-19-12-10-17(11-13-19)14-15-25-23-27-20-8-4-5-9-22(20)30-23/h1-13,16H,14-15H2,(H,25,27)(H,26,28). The Morgan fingerprint density at radius 3 is 2.40 bits per heavy atom. The lowest BCUT2D eigenvalue weighted by Crippen LogP contribution is -2.04. The molecule has 0 aliphatic rings. The van der Waals surface area contributed by atoms with Crippen molar-refractivity contribution in [1.82, 2.24) is 9.97 Å². The number of nitrogens with one attached hydrogen (secondary N) is 2. The molecule has 0 radical (unpaired) electrons. The predicted octanol–water partition coefficient (Wildman–Crippen LogP) is 6.82. The van der Waals surface area contributed by atoms with Crippen molar-refractivity contribution in [3.05, 3.63) is 89.8 Å². The van der Waals surface area contributed by atoms with E-state index in [2.05, 4.69) is 63.5 Å². The second kappa shape index (κ2) is 8.65. The zero-order valence-corrected chi connectivity index (χ0v) is 17.8. The Labute approximate surface area is 183 Å². The first kappa shape index (κ1) is 18.8. The van der Waals surface area contributed by atoms with Gasteiger partial charge in [-0.25, -0.2) is 9.97 Å². The SMILES string of the molecule is c1ccc(-c2csc(Nc3ccc(CCNc4nc5ccccc5s4)cc3)n2)cc1. The van der Waals surface area contributed by atoms with Crippen LogP contribution in [0.3, 0.4) is 0 Å². The molecular weight excluding hydrogens is 408 g/mol. The van der Waals surface area contributed by atoms with E-state index < -0.39 is 0 Å². The Hall–Kier alpha value is -3.22. The molecule has 0 saturated heterocycles. The summed E-state index contributed by atoms with van der Waals surface area (Å²) in [5, 5.41) is 10.8. The summed E-state index contributed by atoms with van der Waals surface area (Å²) in [6.07, 6.45) is 0.950. The van der Waals surface area contributed by atoms with Gasteiger partial charge < -0.3 is 10.6 Å². The largest absolute Gasteiger partial charge is 0.361 e. The molecule has 0 saturated carbocycles. The molecular formula is C24H20N4S2. The molecule has 4 nitrogen and oxygen atoms in total. The summed E-state index contributed by atoms with van der Waals surface area (Å²) in [4.78, 5) is 9.31. The second-order valence-electron chi connectivity index (χ2n) is 6.89. The predicted molar refractivity (Wildman–Crippen MR) is 129 cm³/mol. The van der Waals surface area contributed by atoms with Crippen molar-refractivity contribution < 1.29 is 0 Å². The molecule has 5 aromatic rings. The zero-order valence-electron chi connectivity index (χ0n) is 16.2. The van der Waals surface area contributed by atoms with Crippen molar-refractivity contribution in [1.29, 1.82) is 0 Å². The van der Waals surface area contributed by atoms with Crippen LogP contribution in [-0.2, 0) is 6.42 Å². The van der Waals surface area contributed by atoms with Crippen molar-refractivity contribution in [3.8, 4) is 11.3 Å². The quantitative estimate of drug-likeness (QED) is 0.299. The molecule has 0 spiro atoms. The van der Waals surface area contributed by atoms with E-state index in [1.54, 1.807) is 22.7 Å². The Balaban J connectivity index is 1.16. The molecule has 0 atom stereocenters. The molecule has 6 heteroatoms. The molecule has 148 valence electrons. The molecule has 0 aliphatic heterocycles. The number of aromatic nitrogens is 2. The van der Waals surface area contributed by atoms with E-state index in [-0.39, 0.29) is 0 Å². The van der Waals surface area contributed by atoms with Gasteiger partial charge in [-0.15, -0.1) is 11.3 Å². The average Bonchev–Trinajstić information content (AvgIpc) is 3.42. The summed E-state index contributed by atoms with van der Waals surface area (Å²) in [5.41, 5.74) is 5.53. The van der Waals surface area contributed by atoms with E-state index in [1.165, 1.54) is 10.3 Å². The topological polar surface area (TPSA) is 49.8 Å². The Morgan fingerprint density at radius 1 is 0.767 bits per heavy atom. The van der Waals surface area contributed by atoms with Crippen LogP contribution in [0.2, 0.25) is 0 Å². The molecule has 2 N–H and O–H groups in total. The molecule has 0 amide bonds. The number of para-hydroxylation sites is 1. The zero-order chi connectivity index (χ0) is 20.2. The highest BCUT2D eigenvalue weighted by atomic mass is 32.1. The van der Waals surface area contributed by atoms with Crippen molar-refractivity contribution >= 4 is 48.8 Å². The van der Waals surface area contributed by atoms with E-state index in [1.807, 2.05) is 36.4 Å². The minimum atomic E-state index is 0.861. The lowest BCUT2D eigenvalue weighted by Gasteiger charge is -2.06. The van der Waals surface area contributed by atoms with Gasteiger partial charge in [-0.3, -0.25) is 0 Å². The van der Waals surface area contributed by atoms with Gasteiger partial charge >= 0.3 is 0 Å². The van der Waals surface area contributed by atoms with Gasteiger partial charge in [-0.05, 0) is 36.2 Å². The normalized spacial score (nSPS) is 10.9. The molecule has 5 rings (SSSR count). The van der Waals surface area contributed by atoms with Crippen LogP contribution in [-0.4, -0.2) is 16.5 Å². The monoisotopic (exact) mass is 428 g/mol. The lowest BCUT2D eigenvalue weighted by molar-refractivity contribution is 1.02. The minimum absolute atomic E-state index is 0.861. The maximum absolute atomic E-state index is 4.69. The molecule has 0 bridgehead atoms. The summed E-state index contributed by atoms with van der Waals surface area (Å²) in [7, 11) is 0. The molecule has 0 unspecified atom stereocenters. The van der Waals surface area contributed by atoms with Gasteiger partial charge in [-0.2, -0.15) is 0 Å². The minimum Gasteiger partial charge on any atom is -0.361 e. The Kier molecular flexibility index (Phi) is 5.42. The number of benzene rings is 3. The van der Waals surface area contributed by atoms with Crippen LogP contribution in [0.5, 0.6) is 0 Å². The summed E-state index contributed by atoms with van der Waals surface area (Å²) in [6.45, 7) is 0.861. The van der Waals surface area contributed by atoms with Crippen LogP contribution in [0.1, 0.15) is 5.56 Å². The maximum atomic E-state index is 4.69. The third-order valence-corrected chi connectivity index (χ3v) is 6.51. The number of anilines is 3. The van der Waals surface area contributed by atoms with Crippen molar-refractivity contribution in [2.24, 2.45) is 0 Å². The smallest absolute Gasteiger partial charge is 0.187 e. The lowest BCUT2D eigenvalue weighted by atomic mass is 10.1. The summed E-state index contributed by atoms with van der Waals surface area (Å²) in [5.74, 6) is 0. The Morgan fingerprint density at radius 2 is 1.57 bits per heavy atom. The Bertz CT molecular complexity index is 1210. The number of rotatable bonds is 7. The summed E-state index contributed by atoms with van der Waals surface area (Å²) >= 11 is 3.32. The van der Waals surface area contributed by atoms with Gasteiger partial charge in [0.15, 0.2) is 10.3 Å². The van der Waals surface area contributed by atoms with Crippen molar-refractivity contribution in [2.75, 3.05) is 17.2 Å². The van der Waals surface area contributed by atoms with E-state index >= 15 is 0 Å². The van der Waals surface area contributed by atoms with E-state index in [0.29, 0.717) is 0 Å². The van der Waals surface area contributed by atoms with E-state index in [4.69, 9.17) is 4.98 Å². The van der Waals surface area contributed by atoms with Crippen LogP contribution < -0.4 is 10.6 Å². The molecule has 0 aliphatic carbocycles. The highest BCUT2D eigenvalue weighted by molar-refractivity contribution is 7.22. The van der Waals surface area contributed by atoms with Gasteiger partial charge in [-0.1, -0.05) is 65.9 Å². The summed E-state index contributed by atoms with van der Waals surface area (Å²) < 4.78 is 1.22. The molecule has 3 aromatic carbocycles. The fraction of sp³-hybridized carbons (Fsp3) is 0.0833. The number of thiazole rings is 2. The fourth-order valence-corrected chi connectivity index (χ4v) is 4.84. The highest BCUT2D eigenvalue weighted by Gasteiger charge is 2.05. The fourth-order valence-electron chi connectivity index (χ4n) is 3.21. The molecule has 2 heterocycles. The van der Waals surface area contributed by atoms with Crippen LogP contribution in [0.15, 0.2) is 84.2 Å². The van der Waals surface area contributed by atoms with E-state index in [9.17, 15) is 0 Å². The number of nitrogens with zero attached hydrogens (tertiary/aromatic N) is 2. The van der Waals surface area contributed by atoms with Gasteiger partial charge in [0.25, 0.3) is 0 Å². The second-order valence-corrected chi connectivity index (χ2v) is 8.78. The number of fused-ring (bicyclic) bond motifs is 1. The first-order valence-electron chi connectivity index (χ1n) is 9.80. The van der Waals surface area contributed by atoms with Crippen molar-refractivity contribution in [2.45, 2.75) is 6.42 Å². The molecule has 30 heavy (non-hydrogen) atoms. The van der Waals surface area contributed by atoms with Crippen molar-refractivity contribution in [3.63, 3.8) is 0 Å². The third-order valence-electron chi connectivity index (χ3n) is 4.76. The molecule has 2 aromatic heterocycles. The van der Waals surface area contributed by atoms with Crippen LogP contribution in [0.25, 0.3) is 21.5 Å². The third kappa shape index (κ3) is 4.35.